The van der Waals surface area contributed by atoms with Gasteiger partial charge in [0.1, 0.15) is 0 Å². The highest BCUT2D eigenvalue weighted by Gasteiger charge is 2.13. The summed E-state index contributed by atoms with van der Waals surface area (Å²) < 4.78 is 2.43. The van der Waals surface area contributed by atoms with Crippen molar-refractivity contribution in [2.45, 2.75) is 19.4 Å². The van der Waals surface area contributed by atoms with Crippen molar-refractivity contribution in [3.8, 4) is 0 Å². The van der Waals surface area contributed by atoms with Crippen LogP contribution in [0.25, 0.3) is 0 Å². The third-order valence-electron chi connectivity index (χ3n) is 3.20. The average molecular weight is 430 g/mol. The summed E-state index contributed by atoms with van der Waals surface area (Å²) in [5.41, 5.74) is 4.03. The summed E-state index contributed by atoms with van der Waals surface area (Å²) in [5, 5.41) is 3.43. The van der Waals surface area contributed by atoms with Crippen molar-refractivity contribution >= 4 is 38.5 Å². The van der Waals surface area contributed by atoms with E-state index in [0.29, 0.717) is 6.04 Å². The molecule has 2 rings (SSSR count). The maximum absolute atomic E-state index is 3.56. The van der Waals surface area contributed by atoms with E-state index in [1.807, 2.05) is 7.05 Å². The normalized spacial score (nSPS) is 12.4. The summed E-state index contributed by atoms with van der Waals surface area (Å²) in [4.78, 5) is 0. The molecular formula is C16H17BrIN. The van der Waals surface area contributed by atoms with Gasteiger partial charge in [-0.15, -0.1) is 0 Å². The van der Waals surface area contributed by atoms with Crippen LogP contribution in [0.5, 0.6) is 0 Å². The molecule has 1 N–H and O–H groups in total. The average Bonchev–Trinajstić information content (AvgIpc) is 2.39. The highest BCUT2D eigenvalue weighted by Crippen LogP contribution is 2.26. The summed E-state index contributed by atoms with van der Waals surface area (Å²) in [6.07, 6.45) is 1.00. The molecule has 0 fully saturated rings. The molecule has 3 heteroatoms. The Hall–Kier alpha value is -0.390. The van der Waals surface area contributed by atoms with E-state index < -0.39 is 0 Å². The minimum absolute atomic E-state index is 0.339. The zero-order chi connectivity index (χ0) is 13.8. The lowest BCUT2D eigenvalue weighted by atomic mass is 9.98. The van der Waals surface area contributed by atoms with E-state index >= 15 is 0 Å². The molecule has 19 heavy (non-hydrogen) atoms. The second-order valence-electron chi connectivity index (χ2n) is 4.70. The Bertz CT molecular complexity index is 568. The number of hydrogen-bond acceptors (Lipinski definition) is 1. The number of hydrogen-bond donors (Lipinski definition) is 1. The number of likely N-dealkylation sites (N-methyl/N-ethyl adjacent to an activating group) is 1. The highest BCUT2D eigenvalue weighted by atomic mass is 127. The molecule has 2 aromatic carbocycles. The zero-order valence-corrected chi connectivity index (χ0v) is 14.8. The number of aryl methyl sites for hydroxylation is 1. The molecule has 1 atom stereocenters. The van der Waals surface area contributed by atoms with E-state index in [2.05, 4.69) is 93.2 Å². The fourth-order valence-electron chi connectivity index (χ4n) is 2.22. The molecule has 0 aromatic heterocycles. The lowest BCUT2D eigenvalue weighted by molar-refractivity contribution is 0.589. The van der Waals surface area contributed by atoms with Gasteiger partial charge in [-0.1, -0.05) is 45.8 Å². The molecule has 0 aliphatic heterocycles. The summed E-state index contributed by atoms with van der Waals surface area (Å²) in [5.74, 6) is 0. The van der Waals surface area contributed by atoms with Crippen molar-refractivity contribution in [1.29, 1.82) is 0 Å². The largest absolute Gasteiger partial charge is 0.313 e. The number of benzene rings is 2. The first-order chi connectivity index (χ1) is 9.10. The van der Waals surface area contributed by atoms with Gasteiger partial charge in [-0.05, 0) is 72.3 Å². The van der Waals surface area contributed by atoms with Gasteiger partial charge in [0.15, 0.2) is 0 Å². The smallest absolute Gasteiger partial charge is 0.0369 e. The van der Waals surface area contributed by atoms with Crippen LogP contribution in [0, 0.1) is 10.5 Å². The molecule has 0 spiro atoms. The molecule has 0 saturated heterocycles. The van der Waals surface area contributed by atoms with E-state index in [4.69, 9.17) is 0 Å². The summed E-state index contributed by atoms with van der Waals surface area (Å²) in [7, 11) is 2.03. The van der Waals surface area contributed by atoms with Crippen LogP contribution < -0.4 is 5.32 Å². The number of nitrogens with one attached hydrogen (secondary N) is 1. The van der Waals surface area contributed by atoms with Crippen LogP contribution in [0.15, 0.2) is 46.9 Å². The minimum atomic E-state index is 0.339. The van der Waals surface area contributed by atoms with Crippen molar-refractivity contribution in [2.75, 3.05) is 7.05 Å². The predicted molar refractivity (Wildman–Crippen MR) is 93.5 cm³/mol. The van der Waals surface area contributed by atoms with Gasteiger partial charge >= 0.3 is 0 Å². The van der Waals surface area contributed by atoms with Crippen LogP contribution in [-0.4, -0.2) is 7.05 Å². The van der Waals surface area contributed by atoms with E-state index in [1.54, 1.807) is 0 Å². The standard InChI is InChI=1S/C16H17BrIN/c1-11-4-3-5-12(8-11)9-16(19-2)14-10-13(17)6-7-15(14)18/h3-8,10,16,19H,9H2,1-2H3. The first kappa shape index (κ1) is 15.0. The molecule has 1 nitrogen and oxygen atoms in total. The first-order valence-corrected chi connectivity index (χ1v) is 8.15. The molecule has 100 valence electrons. The van der Waals surface area contributed by atoms with E-state index in [9.17, 15) is 0 Å². The van der Waals surface area contributed by atoms with Gasteiger partial charge in [-0.2, -0.15) is 0 Å². The summed E-state index contributed by atoms with van der Waals surface area (Å²) in [6, 6.07) is 15.5. The van der Waals surface area contributed by atoms with Crippen LogP contribution in [0.3, 0.4) is 0 Å². The second-order valence-corrected chi connectivity index (χ2v) is 6.78. The van der Waals surface area contributed by atoms with Gasteiger partial charge in [-0.25, -0.2) is 0 Å². The topological polar surface area (TPSA) is 12.0 Å². The minimum Gasteiger partial charge on any atom is -0.313 e. The third kappa shape index (κ3) is 4.04. The zero-order valence-electron chi connectivity index (χ0n) is 11.1. The van der Waals surface area contributed by atoms with Gasteiger partial charge < -0.3 is 5.32 Å². The molecule has 0 saturated carbocycles. The Kier molecular flexibility index (Phi) is 5.42. The molecule has 1 unspecified atom stereocenters. The Labute approximate surface area is 137 Å². The molecule has 0 bridgehead atoms. The lowest BCUT2D eigenvalue weighted by Crippen LogP contribution is -2.20. The Morgan fingerprint density at radius 1 is 1.21 bits per heavy atom. The van der Waals surface area contributed by atoms with Gasteiger partial charge in [0, 0.05) is 14.1 Å². The van der Waals surface area contributed by atoms with Gasteiger partial charge in [0.25, 0.3) is 0 Å². The van der Waals surface area contributed by atoms with E-state index in [0.717, 1.165) is 10.9 Å². The van der Waals surface area contributed by atoms with Crippen molar-refractivity contribution < 1.29 is 0 Å². The first-order valence-electron chi connectivity index (χ1n) is 6.28. The SMILES string of the molecule is CNC(Cc1cccc(C)c1)c1cc(Br)ccc1I. The van der Waals surface area contributed by atoms with Crippen LogP contribution in [0.4, 0.5) is 0 Å². The van der Waals surface area contributed by atoms with Crippen LogP contribution in [-0.2, 0) is 6.42 Å². The van der Waals surface area contributed by atoms with Crippen molar-refractivity contribution in [2.24, 2.45) is 0 Å². The fraction of sp³-hybridized carbons (Fsp3) is 0.250. The molecular weight excluding hydrogens is 413 g/mol. The van der Waals surface area contributed by atoms with Gasteiger partial charge in [0.2, 0.25) is 0 Å². The van der Waals surface area contributed by atoms with E-state index in [1.165, 1.54) is 20.3 Å². The Morgan fingerprint density at radius 3 is 2.68 bits per heavy atom. The third-order valence-corrected chi connectivity index (χ3v) is 4.68. The summed E-state index contributed by atoms with van der Waals surface area (Å²) in [6.45, 7) is 2.14. The highest BCUT2D eigenvalue weighted by molar-refractivity contribution is 14.1. The molecule has 0 aliphatic rings. The van der Waals surface area contributed by atoms with Crippen LogP contribution in [0.2, 0.25) is 0 Å². The maximum Gasteiger partial charge on any atom is 0.0369 e. The van der Waals surface area contributed by atoms with E-state index in [-0.39, 0.29) is 0 Å². The lowest BCUT2D eigenvalue weighted by Gasteiger charge is -2.19. The molecule has 2 aromatic rings. The number of halogens is 2. The van der Waals surface area contributed by atoms with Crippen LogP contribution in [0.1, 0.15) is 22.7 Å². The monoisotopic (exact) mass is 429 g/mol. The fourth-order valence-corrected chi connectivity index (χ4v) is 3.31. The van der Waals surface area contributed by atoms with Crippen molar-refractivity contribution in [3.05, 3.63) is 67.2 Å². The van der Waals surface area contributed by atoms with Gasteiger partial charge in [0.05, 0.1) is 0 Å². The molecule has 0 radical (unpaired) electrons. The van der Waals surface area contributed by atoms with Gasteiger partial charge in [-0.3, -0.25) is 0 Å². The summed E-state index contributed by atoms with van der Waals surface area (Å²) >= 11 is 5.96. The Balaban J connectivity index is 2.27. The maximum atomic E-state index is 3.56. The number of rotatable bonds is 4. The molecule has 0 aliphatic carbocycles. The van der Waals surface area contributed by atoms with Crippen molar-refractivity contribution in [1.82, 2.24) is 5.32 Å². The molecule has 0 heterocycles. The van der Waals surface area contributed by atoms with Crippen molar-refractivity contribution in [3.63, 3.8) is 0 Å². The quantitative estimate of drug-likeness (QED) is 0.684. The molecule has 0 amide bonds. The second kappa shape index (κ2) is 6.86. The Morgan fingerprint density at radius 2 is 2.00 bits per heavy atom. The van der Waals surface area contributed by atoms with Crippen LogP contribution >= 0.6 is 38.5 Å². The predicted octanol–water partition coefficient (Wildman–Crippen LogP) is 4.87.